The standard InChI is InChI=1S/C7H16O.C3H8O/c1-6(2)8-7(3,4)5;1-3(2)4/h6H,1-5H3;3-4H,1-2H3. The van der Waals surface area contributed by atoms with E-state index >= 15 is 0 Å². The Morgan fingerprint density at radius 3 is 1.25 bits per heavy atom. The summed E-state index contributed by atoms with van der Waals surface area (Å²) in [4.78, 5) is 0. The molecule has 0 saturated carbocycles. The molecule has 0 radical (unpaired) electrons. The van der Waals surface area contributed by atoms with E-state index < -0.39 is 0 Å². The minimum Gasteiger partial charge on any atom is -0.394 e. The average Bonchev–Trinajstić information content (AvgIpc) is 1.52. The van der Waals surface area contributed by atoms with Gasteiger partial charge in [-0.3, -0.25) is 0 Å². The van der Waals surface area contributed by atoms with Crippen molar-refractivity contribution in [1.29, 1.82) is 0 Å². The lowest BCUT2D eigenvalue weighted by Gasteiger charge is -2.22. The van der Waals surface area contributed by atoms with Crippen LogP contribution in [-0.2, 0) is 4.74 Å². The van der Waals surface area contributed by atoms with Crippen LogP contribution in [-0.4, -0.2) is 22.9 Å². The Bertz CT molecular complexity index is 87.7. The van der Waals surface area contributed by atoms with Gasteiger partial charge in [0, 0.05) is 6.10 Å². The van der Waals surface area contributed by atoms with Crippen molar-refractivity contribution in [2.45, 2.75) is 66.3 Å². The maximum Gasteiger partial charge on any atom is 0.0601 e. The summed E-state index contributed by atoms with van der Waals surface area (Å²) in [6.07, 6.45) is 0.176. The number of hydrogen-bond donors (Lipinski definition) is 1. The van der Waals surface area contributed by atoms with Gasteiger partial charge >= 0.3 is 0 Å². The Morgan fingerprint density at radius 2 is 1.25 bits per heavy atom. The molecule has 0 aromatic carbocycles. The topological polar surface area (TPSA) is 29.5 Å². The lowest BCUT2D eigenvalue weighted by atomic mass is 10.2. The van der Waals surface area contributed by atoms with Crippen LogP contribution in [0.1, 0.15) is 48.5 Å². The zero-order valence-electron chi connectivity index (χ0n) is 9.51. The molecule has 0 aromatic heterocycles. The zero-order valence-corrected chi connectivity index (χ0v) is 9.51. The van der Waals surface area contributed by atoms with Crippen LogP contribution < -0.4 is 0 Å². The van der Waals surface area contributed by atoms with E-state index in [0.717, 1.165) is 0 Å². The molecule has 0 aliphatic carbocycles. The summed E-state index contributed by atoms with van der Waals surface area (Å²) in [6.45, 7) is 13.7. The third kappa shape index (κ3) is 32.6. The van der Waals surface area contributed by atoms with Gasteiger partial charge in [-0.15, -0.1) is 0 Å². The smallest absolute Gasteiger partial charge is 0.0601 e. The molecule has 0 aromatic rings. The van der Waals surface area contributed by atoms with Gasteiger partial charge in [-0.2, -0.15) is 0 Å². The molecule has 0 unspecified atom stereocenters. The second-order valence-corrected chi connectivity index (χ2v) is 4.37. The number of aliphatic hydroxyl groups excluding tert-OH is 1. The highest BCUT2D eigenvalue weighted by atomic mass is 16.5. The van der Waals surface area contributed by atoms with Crippen LogP contribution in [0.25, 0.3) is 0 Å². The molecule has 0 atom stereocenters. The molecule has 0 saturated heterocycles. The predicted octanol–water partition coefficient (Wildman–Crippen LogP) is 2.60. The molecule has 1 N–H and O–H groups in total. The van der Waals surface area contributed by atoms with Gasteiger partial charge in [0.15, 0.2) is 0 Å². The normalized spacial score (nSPS) is 11.5. The molecule has 0 spiro atoms. The largest absolute Gasteiger partial charge is 0.394 e. The van der Waals surface area contributed by atoms with E-state index in [0.29, 0.717) is 6.10 Å². The molecule has 76 valence electrons. The van der Waals surface area contributed by atoms with Crippen molar-refractivity contribution < 1.29 is 9.84 Å². The van der Waals surface area contributed by atoms with Crippen molar-refractivity contribution in [3.63, 3.8) is 0 Å². The third-order valence-corrected chi connectivity index (χ3v) is 0.589. The lowest BCUT2D eigenvalue weighted by Crippen LogP contribution is -2.23. The first kappa shape index (κ1) is 14.4. The third-order valence-electron chi connectivity index (χ3n) is 0.589. The lowest BCUT2D eigenvalue weighted by molar-refractivity contribution is -0.0424. The van der Waals surface area contributed by atoms with Crippen molar-refractivity contribution in [3.05, 3.63) is 0 Å². The molecule has 2 heteroatoms. The van der Waals surface area contributed by atoms with E-state index in [4.69, 9.17) is 9.84 Å². The molecule has 0 fully saturated rings. The van der Waals surface area contributed by atoms with Crippen LogP contribution in [0, 0.1) is 0 Å². The van der Waals surface area contributed by atoms with Crippen molar-refractivity contribution in [1.82, 2.24) is 0 Å². The van der Waals surface area contributed by atoms with Gasteiger partial charge in [0.25, 0.3) is 0 Å². The summed E-state index contributed by atoms with van der Waals surface area (Å²) >= 11 is 0. The van der Waals surface area contributed by atoms with Crippen molar-refractivity contribution in [3.8, 4) is 0 Å². The van der Waals surface area contributed by atoms with Crippen LogP contribution in [0.3, 0.4) is 0 Å². The summed E-state index contributed by atoms with van der Waals surface area (Å²) in [5.74, 6) is 0. The Labute approximate surface area is 76.9 Å². The monoisotopic (exact) mass is 176 g/mol. The fourth-order valence-electron chi connectivity index (χ4n) is 0.707. The van der Waals surface area contributed by atoms with Crippen LogP contribution in [0.4, 0.5) is 0 Å². The van der Waals surface area contributed by atoms with Gasteiger partial charge < -0.3 is 9.84 Å². The Hall–Kier alpha value is -0.0800. The maximum absolute atomic E-state index is 8.06. The SMILES string of the molecule is CC(C)O.CC(C)OC(C)(C)C. The maximum atomic E-state index is 8.06. The first-order chi connectivity index (χ1) is 5.15. The van der Waals surface area contributed by atoms with Crippen LogP contribution >= 0.6 is 0 Å². The van der Waals surface area contributed by atoms with Gasteiger partial charge in [0.1, 0.15) is 0 Å². The Balaban J connectivity index is 0. The molecular weight excluding hydrogens is 152 g/mol. The number of rotatable bonds is 1. The molecule has 0 aliphatic rings. The highest BCUT2D eigenvalue weighted by molar-refractivity contribution is 4.59. The van der Waals surface area contributed by atoms with E-state index in [1.165, 1.54) is 0 Å². The van der Waals surface area contributed by atoms with Gasteiger partial charge in [0.2, 0.25) is 0 Å². The number of hydrogen-bond acceptors (Lipinski definition) is 2. The first-order valence-corrected chi connectivity index (χ1v) is 4.51. The van der Waals surface area contributed by atoms with Gasteiger partial charge in [-0.25, -0.2) is 0 Å². The number of aliphatic hydroxyl groups is 1. The Morgan fingerprint density at radius 1 is 1.00 bits per heavy atom. The van der Waals surface area contributed by atoms with Crippen LogP contribution in [0.5, 0.6) is 0 Å². The molecular formula is C10H24O2. The molecule has 12 heavy (non-hydrogen) atoms. The minimum absolute atomic E-state index is 0.0220. The van der Waals surface area contributed by atoms with Crippen molar-refractivity contribution >= 4 is 0 Å². The first-order valence-electron chi connectivity index (χ1n) is 4.51. The fourth-order valence-corrected chi connectivity index (χ4v) is 0.707. The summed E-state index contributed by atoms with van der Waals surface area (Å²) in [7, 11) is 0. The van der Waals surface area contributed by atoms with E-state index in [1.54, 1.807) is 13.8 Å². The highest BCUT2D eigenvalue weighted by Crippen LogP contribution is 2.09. The summed E-state index contributed by atoms with van der Waals surface area (Å²) in [5.41, 5.74) is 0.0220. The predicted molar refractivity (Wildman–Crippen MR) is 53.3 cm³/mol. The average molecular weight is 176 g/mol. The molecule has 0 heterocycles. The van der Waals surface area contributed by atoms with E-state index in [1.807, 2.05) is 13.8 Å². The minimum atomic E-state index is -0.167. The van der Waals surface area contributed by atoms with Gasteiger partial charge in [-0.05, 0) is 48.5 Å². The molecule has 0 bridgehead atoms. The molecule has 2 nitrogen and oxygen atoms in total. The Kier molecular flexibility index (Phi) is 7.75. The highest BCUT2D eigenvalue weighted by Gasteiger charge is 2.10. The summed E-state index contributed by atoms with van der Waals surface area (Å²) < 4.78 is 5.44. The van der Waals surface area contributed by atoms with Gasteiger partial charge in [0.05, 0.1) is 11.7 Å². The number of ether oxygens (including phenoxy) is 1. The van der Waals surface area contributed by atoms with E-state index in [2.05, 4.69) is 20.8 Å². The summed E-state index contributed by atoms with van der Waals surface area (Å²) in [6, 6.07) is 0. The van der Waals surface area contributed by atoms with E-state index in [-0.39, 0.29) is 11.7 Å². The van der Waals surface area contributed by atoms with Gasteiger partial charge in [-0.1, -0.05) is 0 Å². The quantitative estimate of drug-likeness (QED) is 0.665. The molecule has 0 rings (SSSR count). The molecule has 0 aliphatic heterocycles. The zero-order chi connectivity index (χ0) is 10.4. The van der Waals surface area contributed by atoms with E-state index in [9.17, 15) is 0 Å². The second-order valence-electron chi connectivity index (χ2n) is 4.37. The second kappa shape index (κ2) is 6.44. The fraction of sp³-hybridized carbons (Fsp3) is 1.00. The van der Waals surface area contributed by atoms with Crippen LogP contribution in [0.2, 0.25) is 0 Å². The van der Waals surface area contributed by atoms with Crippen molar-refractivity contribution in [2.75, 3.05) is 0 Å². The summed E-state index contributed by atoms with van der Waals surface area (Å²) in [5, 5.41) is 8.06. The van der Waals surface area contributed by atoms with Crippen LogP contribution in [0.15, 0.2) is 0 Å². The molecule has 0 amide bonds. The van der Waals surface area contributed by atoms with Crippen molar-refractivity contribution in [2.24, 2.45) is 0 Å².